The number of carbonyl (C=O) groups is 1. The van der Waals surface area contributed by atoms with Crippen molar-refractivity contribution in [3.8, 4) is 0 Å². The van der Waals surface area contributed by atoms with Gasteiger partial charge in [0.1, 0.15) is 0 Å². The van der Waals surface area contributed by atoms with Crippen LogP contribution in [0.4, 0.5) is 0 Å². The van der Waals surface area contributed by atoms with Gasteiger partial charge in [-0.3, -0.25) is 9.69 Å². The molecular weight excluding hydrogens is 250 g/mol. The van der Waals surface area contributed by atoms with Crippen LogP contribution in [0.2, 0.25) is 0 Å². The maximum Gasteiger partial charge on any atom is 0.237 e. The molecule has 0 aliphatic heterocycles. The number of likely N-dealkylation sites (N-methyl/N-ethyl adjacent to an activating group) is 1. The van der Waals surface area contributed by atoms with Gasteiger partial charge >= 0.3 is 0 Å². The van der Waals surface area contributed by atoms with Gasteiger partial charge in [-0.1, -0.05) is 33.1 Å². The van der Waals surface area contributed by atoms with E-state index < -0.39 is 5.54 Å². The Labute approximate surface area is 123 Å². The first-order chi connectivity index (χ1) is 9.63. The van der Waals surface area contributed by atoms with Crippen molar-refractivity contribution < 1.29 is 4.79 Å². The zero-order valence-corrected chi connectivity index (χ0v) is 13.2. The third kappa shape index (κ3) is 3.17. The van der Waals surface area contributed by atoms with Crippen LogP contribution in [0.5, 0.6) is 0 Å². The van der Waals surface area contributed by atoms with Crippen molar-refractivity contribution in [2.45, 2.75) is 82.8 Å². The standard InChI is InChI=1S/C16H31N3O/c1-3-18-16(15(17)20)11-10-14(12-16)19(4-2)13-8-6-5-7-9-13/h13-14,18H,3-12H2,1-2H3,(H2,17,20). The molecule has 2 aliphatic rings. The maximum atomic E-state index is 11.9. The average molecular weight is 281 g/mol. The molecule has 2 rings (SSSR count). The van der Waals surface area contributed by atoms with Gasteiger partial charge in [-0.2, -0.15) is 0 Å². The minimum absolute atomic E-state index is 0.165. The Hall–Kier alpha value is -0.610. The summed E-state index contributed by atoms with van der Waals surface area (Å²) in [5.41, 5.74) is 5.22. The molecular formula is C16H31N3O. The highest BCUT2D eigenvalue weighted by Crippen LogP contribution is 2.36. The molecule has 4 heteroatoms. The first-order valence-electron chi connectivity index (χ1n) is 8.43. The predicted molar refractivity (Wildman–Crippen MR) is 82.5 cm³/mol. The summed E-state index contributed by atoms with van der Waals surface area (Å²) in [5, 5.41) is 3.37. The topological polar surface area (TPSA) is 58.4 Å². The summed E-state index contributed by atoms with van der Waals surface area (Å²) < 4.78 is 0. The van der Waals surface area contributed by atoms with E-state index in [2.05, 4.69) is 24.1 Å². The molecule has 116 valence electrons. The van der Waals surface area contributed by atoms with Crippen molar-refractivity contribution in [1.82, 2.24) is 10.2 Å². The predicted octanol–water partition coefficient (Wildman–Crippen LogP) is 2.03. The van der Waals surface area contributed by atoms with Gasteiger partial charge in [-0.25, -0.2) is 0 Å². The Morgan fingerprint density at radius 3 is 2.45 bits per heavy atom. The highest BCUT2D eigenvalue weighted by molar-refractivity contribution is 5.85. The smallest absolute Gasteiger partial charge is 0.237 e. The van der Waals surface area contributed by atoms with E-state index in [-0.39, 0.29) is 5.91 Å². The summed E-state index contributed by atoms with van der Waals surface area (Å²) in [6.45, 7) is 6.21. The number of nitrogens with zero attached hydrogens (tertiary/aromatic N) is 1. The second kappa shape index (κ2) is 6.90. The summed E-state index contributed by atoms with van der Waals surface area (Å²) in [4.78, 5) is 14.5. The first-order valence-corrected chi connectivity index (χ1v) is 8.43. The number of nitrogens with two attached hydrogens (primary N) is 1. The molecule has 20 heavy (non-hydrogen) atoms. The first kappa shape index (κ1) is 15.8. The van der Waals surface area contributed by atoms with E-state index in [1.807, 2.05) is 0 Å². The fraction of sp³-hybridized carbons (Fsp3) is 0.938. The molecule has 0 aromatic rings. The van der Waals surface area contributed by atoms with E-state index in [1.165, 1.54) is 32.1 Å². The highest BCUT2D eigenvalue weighted by atomic mass is 16.1. The SMILES string of the molecule is CCNC1(C(N)=O)CCC(N(CC)C2CCCCC2)C1. The molecule has 2 unspecified atom stereocenters. The summed E-state index contributed by atoms with van der Waals surface area (Å²) >= 11 is 0. The van der Waals surface area contributed by atoms with Crippen LogP contribution in [0.15, 0.2) is 0 Å². The van der Waals surface area contributed by atoms with E-state index in [9.17, 15) is 4.79 Å². The van der Waals surface area contributed by atoms with E-state index in [0.29, 0.717) is 6.04 Å². The molecule has 2 saturated carbocycles. The molecule has 0 heterocycles. The van der Waals surface area contributed by atoms with Gasteiger partial charge in [0.15, 0.2) is 0 Å². The van der Waals surface area contributed by atoms with Crippen molar-refractivity contribution in [2.24, 2.45) is 5.73 Å². The maximum absolute atomic E-state index is 11.9. The van der Waals surface area contributed by atoms with Gasteiger partial charge in [-0.15, -0.1) is 0 Å². The average Bonchev–Trinajstić information content (AvgIpc) is 2.87. The number of primary amides is 1. The lowest BCUT2D eigenvalue weighted by atomic mass is 9.92. The molecule has 0 aromatic carbocycles. The van der Waals surface area contributed by atoms with Crippen LogP contribution in [-0.2, 0) is 4.79 Å². The number of hydrogen-bond donors (Lipinski definition) is 2. The van der Waals surface area contributed by atoms with Crippen LogP contribution in [-0.4, -0.2) is 41.5 Å². The fourth-order valence-corrected chi connectivity index (χ4v) is 4.34. The van der Waals surface area contributed by atoms with Gasteiger partial charge in [0.2, 0.25) is 5.91 Å². The molecule has 0 aromatic heterocycles. The molecule has 0 saturated heterocycles. The van der Waals surface area contributed by atoms with Crippen LogP contribution in [0.1, 0.15) is 65.2 Å². The quantitative estimate of drug-likeness (QED) is 0.783. The molecule has 2 atom stereocenters. The van der Waals surface area contributed by atoms with E-state index in [0.717, 1.165) is 38.4 Å². The minimum atomic E-state index is -0.457. The van der Waals surface area contributed by atoms with Crippen molar-refractivity contribution in [1.29, 1.82) is 0 Å². The van der Waals surface area contributed by atoms with Crippen molar-refractivity contribution in [2.75, 3.05) is 13.1 Å². The summed E-state index contributed by atoms with van der Waals surface area (Å²) in [6.07, 6.45) is 9.65. The Morgan fingerprint density at radius 1 is 1.20 bits per heavy atom. The molecule has 2 aliphatic carbocycles. The zero-order chi connectivity index (χ0) is 14.6. The largest absolute Gasteiger partial charge is 0.368 e. The van der Waals surface area contributed by atoms with Crippen molar-refractivity contribution in [3.05, 3.63) is 0 Å². The summed E-state index contributed by atoms with van der Waals surface area (Å²) in [6, 6.07) is 1.25. The van der Waals surface area contributed by atoms with Crippen LogP contribution >= 0.6 is 0 Å². The zero-order valence-electron chi connectivity index (χ0n) is 13.2. The monoisotopic (exact) mass is 281 g/mol. The van der Waals surface area contributed by atoms with Gasteiger partial charge in [0, 0.05) is 12.1 Å². The second-order valence-corrected chi connectivity index (χ2v) is 6.50. The third-order valence-electron chi connectivity index (χ3n) is 5.35. The lowest BCUT2D eigenvalue weighted by molar-refractivity contribution is -0.124. The molecule has 1 amide bonds. The van der Waals surface area contributed by atoms with Gasteiger partial charge in [0.25, 0.3) is 0 Å². The molecule has 3 N–H and O–H groups in total. The Bertz CT molecular complexity index is 328. The Balaban J connectivity index is 2.03. The number of rotatable bonds is 6. The van der Waals surface area contributed by atoms with Crippen LogP contribution in [0.3, 0.4) is 0 Å². The lowest BCUT2D eigenvalue weighted by Gasteiger charge is -2.38. The summed E-state index contributed by atoms with van der Waals surface area (Å²) in [5.74, 6) is -0.165. The molecule has 0 spiro atoms. The minimum Gasteiger partial charge on any atom is -0.368 e. The molecule has 0 bridgehead atoms. The van der Waals surface area contributed by atoms with E-state index in [1.54, 1.807) is 0 Å². The Morgan fingerprint density at radius 2 is 1.90 bits per heavy atom. The third-order valence-corrected chi connectivity index (χ3v) is 5.35. The van der Waals surface area contributed by atoms with Crippen LogP contribution in [0, 0.1) is 0 Å². The number of amides is 1. The van der Waals surface area contributed by atoms with Crippen molar-refractivity contribution >= 4 is 5.91 Å². The van der Waals surface area contributed by atoms with Crippen molar-refractivity contribution in [3.63, 3.8) is 0 Å². The van der Waals surface area contributed by atoms with Gasteiger partial charge < -0.3 is 11.1 Å². The lowest BCUT2D eigenvalue weighted by Crippen LogP contribution is -2.55. The van der Waals surface area contributed by atoms with Crippen LogP contribution < -0.4 is 11.1 Å². The fourth-order valence-electron chi connectivity index (χ4n) is 4.34. The van der Waals surface area contributed by atoms with Gasteiger partial charge in [0.05, 0.1) is 5.54 Å². The molecule has 4 nitrogen and oxygen atoms in total. The number of nitrogens with one attached hydrogen (secondary N) is 1. The number of hydrogen-bond acceptors (Lipinski definition) is 3. The van der Waals surface area contributed by atoms with Crippen LogP contribution in [0.25, 0.3) is 0 Å². The Kier molecular flexibility index (Phi) is 5.44. The highest BCUT2D eigenvalue weighted by Gasteiger charge is 2.45. The second-order valence-electron chi connectivity index (χ2n) is 6.50. The van der Waals surface area contributed by atoms with Gasteiger partial charge in [-0.05, 0) is 45.2 Å². The normalized spacial score (nSPS) is 31.9. The van der Waals surface area contributed by atoms with E-state index >= 15 is 0 Å². The van der Waals surface area contributed by atoms with E-state index in [4.69, 9.17) is 5.73 Å². The summed E-state index contributed by atoms with van der Waals surface area (Å²) in [7, 11) is 0. The number of carbonyl (C=O) groups excluding carboxylic acids is 1. The molecule has 2 fully saturated rings. The molecule has 0 radical (unpaired) electrons.